The van der Waals surface area contributed by atoms with E-state index in [1.165, 1.54) is 11.1 Å². The maximum atomic E-state index is 14.0. The van der Waals surface area contributed by atoms with Crippen molar-refractivity contribution in [2.24, 2.45) is 16.3 Å². The molecule has 1 saturated heterocycles. The third kappa shape index (κ3) is 3.10. The Kier molecular flexibility index (Phi) is 4.82. The minimum absolute atomic E-state index is 0.0270. The van der Waals surface area contributed by atoms with Gasteiger partial charge in [0.2, 0.25) is 0 Å². The number of allylic oxidation sites excluding steroid dienone is 1. The standard InChI is InChI=1S/C24H26F2N4/c25-23(26)21(19-9-12-28-29-19)18-7-3-4-8-20(18)30-13-10-24(11-14-30)15-16-5-1-2-6-17(16)22(24)27/h1-8,22,28H,9-15,27H2/t22-/m1/s1. The molecule has 6 heteroatoms. The lowest BCUT2D eigenvalue weighted by molar-refractivity contribution is 0.187. The van der Waals surface area contributed by atoms with Crippen LogP contribution in [0.3, 0.4) is 0 Å². The zero-order chi connectivity index (χ0) is 20.7. The number of benzene rings is 2. The van der Waals surface area contributed by atoms with Crippen molar-refractivity contribution in [2.75, 3.05) is 24.5 Å². The van der Waals surface area contributed by atoms with E-state index in [1.807, 2.05) is 18.2 Å². The Morgan fingerprint density at radius 2 is 1.80 bits per heavy atom. The molecule has 2 aromatic rings. The van der Waals surface area contributed by atoms with Crippen molar-refractivity contribution < 1.29 is 8.78 Å². The second-order valence-electron chi connectivity index (χ2n) is 8.57. The van der Waals surface area contributed by atoms with Gasteiger partial charge >= 0.3 is 0 Å². The normalized spacial score (nSPS) is 21.9. The van der Waals surface area contributed by atoms with E-state index in [1.54, 1.807) is 6.07 Å². The van der Waals surface area contributed by atoms with Crippen molar-refractivity contribution in [1.29, 1.82) is 0 Å². The number of rotatable bonds is 3. The lowest BCUT2D eigenvalue weighted by atomic mass is 9.73. The van der Waals surface area contributed by atoms with Crippen LogP contribution < -0.4 is 16.1 Å². The Morgan fingerprint density at radius 3 is 2.50 bits per heavy atom. The van der Waals surface area contributed by atoms with E-state index in [-0.39, 0.29) is 17.0 Å². The van der Waals surface area contributed by atoms with Gasteiger partial charge in [-0.05, 0) is 41.9 Å². The van der Waals surface area contributed by atoms with Crippen LogP contribution in [0.15, 0.2) is 59.7 Å². The molecule has 1 spiro atoms. The number of nitrogens with zero attached hydrogens (tertiary/aromatic N) is 2. The summed E-state index contributed by atoms with van der Waals surface area (Å²) in [5, 5.41) is 4.10. The summed E-state index contributed by atoms with van der Waals surface area (Å²) in [5.74, 6) is 0. The maximum Gasteiger partial charge on any atom is 0.280 e. The fourth-order valence-electron chi connectivity index (χ4n) is 5.39. The zero-order valence-corrected chi connectivity index (χ0v) is 16.9. The molecule has 0 amide bonds. The van der Waals surface area contributed by atoms with Crippen LogP contribution in [0.1, 0.15) is 42.0 Å². The van der Waals surface area contributed by atoms with Crippen LogP contribution in [0.25, 0.3) is 5.57 Å². The molecule has 1 aliphatic carbocycles. The van der Waals surface area contributed by atoms with Crippen molar-refractivity contribution in [3.8, 4) is 0 Å². The summed E-state index contributed by atoms with van der Waals surface area (Å²) in [7, 11) is 0. The van der Waals surface area contributed by atoms with Gasteiger partial charge in [-0.1, -0.05) is 42.5 Å². The van der Waals surface area contributed by atoms with E-state index >= 15 is 0 Å². The second kappa shape index (κ2) is 7.51. The molecule has 156 valence electrons. The Bertz CT molecular complexity index is 1020. The molecule has 30 heavy (non-hydrogen) atoms. The van der Waals surface area contributed by atoms with Gasteiger partial charge in [-0.3, -0.25) is 0 Å². The SMILES string of the molecule is N[C@@H]1c2ccccc2CC12CCN(c1ccccc1C(C1=NNCC1)=C(F)F)CC2. The van der Waals surface area contributed by atoms with Gasteiger partial charge in [0.05, 0.1) is 11.3 Å². The Hall–Kier alpha value is -2.73. The van der Waals surface area contributed by atoms with Crippen LogP contribution in [-0.2, 0) is 6.42 Å². The summed E-state index contributed by atoms with van der Waals surface area (Å²) in [6, 6.07) is 16.0. The maximum absolute atomic E-state index is 14.0. The molecule has 3 aliphatic rings. The van der Waals surface area contributed by atoms with Crippen molar-refractivity contribution in [3.05, 3.63) is 71.3 Å². The summed E-state index contributed by atoms with van der Waals surface area (Å²) < 4.78 is 27.9. The molecule has 2 aliphatic heterocycles. The minimum atomic E-state index is -1.67. The van der Waals surface area contributed by atoms with Crippen LogP contribution in [0, 0.1) is 5.41 Å². The average Bonchev–Trinajstić information content (AvgIpc) is 3.37. The Balaban J connectivity index is 1.41. The molecule has 0 bridgehead atoms. The Morgan fingerprint density at radius 1 is 1.07 bits per heavy atom. The molecular formula is C24H26F2N4. The molecule has 0 aromatic heterocycles. The molecule has 1 atom stereocenters. The predicted molar refractivity (Wildman–Crippen MR) is 117 cm³/mol. The summed E-state index contributed by atoms with van der Waals surface area (Å²) in [5.41, 5.74) is 14.0. The molecule has 0 saturated carbocycles. The molecular weight excluding hydrogens is 382 g/mol. The van der Waals surface area contributed by atoms with Gasteiger partial charge in [0.1, 0.15) is 0 Å². The smallest absolute Gasteiger partial charge is 0.280 e. The van der Waals surface area contributed by atoms with Crippen molar-refractivity contribution in [1.82, 2.24) is 5.43 Å². The van der Waals surface area contributed by atoms with E-state index in [2.05, 4.69) is 39.7 Å². The monoisotopic (exact) mass is 408 g/mol. The first-order chi connectivity index (χ1) is 14.6. The van der Waals surface area contributed by atoms with Crippen LogP contribution in [0.2, 0.25) is 0 Å². The van der Waals surface area contributed by atoms with Gasteiger partial charge in [0, 0.05) is 43.3 Å². The van der Waals surface area contributed by atoms with Crippen LogP contribution in [-0.4, -0.2) is 25.3 Å². The molecule has 3 N–H and O–H groups in total. The molecule has 0 unspecified atom stereocenters. The fourth-order valence-corrected chi connectivity index (χ4v) is 5.39. The van der Waals surface area contributed by atoms with E-state index in [0.29, 0.717) is 24.2 Å². The first-order valence-electron chi connectivity index (χ1n) is 10.6. The molecule has 4 nitrogen and oxygen atoms in total. The minimum Gasteiger partial charge on any atom is -0.371 e. The van der Waals surface area contributed by atoms with E-state index < -0.39 is 6.08 Å². The Labute approximate surface area is 175 Å². The van der Waals surface area contributed by atoms with Crippen LogP contribution >= 0.6 is 0 Å². The molecule has 0 radical (unpaired) electrons. The van der Waals surface area contributed by atoms with Gasteiger partial charge in [-0.15, -0.1) is 0 Å². The lowest BCUT2D eigenvalue weighted by Gasteiger charge is -2.43. The summed E-state index contributed by atoms with van der Waals surface area (Å²) in [6.07, 6.45) is 1.75. The second-order valence-corrected chi connectivity index (χ2v) is 8.57. The molecule has 5 rings (SSSR count). The highest BCUT2D eigenvalue weighted by atomic mass is 19.3. The highest BCUT2D eigenvalue weighted by Gasteiger charge is 2.46. The number of nitrogens with two attached hydrogens (primary N) is 1. The van der Waals surface area contributed by atoms with Crippen molar-refractivity contribution >= 4 is 17.0 Å². The van der Waals surface area contributed by atoms with Crippen molar-refractivity contribution in [2.45, 2.75) is 31.7 Å². The van der Waals surface area contributed by atoms with E-state index in [0.717, 1.165) is 38.0 Å². The molecule has 1 fully saturated rings. The fraction of sp³-hybridized carbons (Fsp3) is 0.375. The van der Waals surface area contributed by atoms with Gasteiger partial charge in [-0.25, -0.2) is 0 Å². The number of para-hydroxylation sites is 1. The number of hydrazone groups is 1. The average molecular weight is 408 g/mol. The summed E-state index contributed by atoms with van der Waals surface area (Å²) in [4.78, 5) is 2.24. The van der Waals surface area contributed by atoms with Gasteiger partial charge < -0.3 is 16.1 Å². The number of anilines is 1. The van der Waals surface area contributed by atoms with Crippen LogP contribution in [0.5, 0.6) is 0 Å². The third-order valence-electron chi connectivity index (χ3n) is 7.03. The van der Waals surface area contributed by atoms with E-state index in [9.17, 15) is 8.78 Å². The summed E-state index contributed by atoms with van der Waals surface area (Å²) >= 11 is 0. The number of nitrogens with one attached hydrogen (secondary N) is 1. The largest absolute Gasteiger partial charge is 0.371 e. The number of hydrogen-bond acceptors (Lipinski definition) is 4. The molecule has 2 aromatic carbocycles. The molecule has 2 heterocycles. The summed E-state index contributed by atoms with van der Waals surface area (Å²) in [6.45, 7) is 2.22. The quantitative estimate of drug-likeness (QED) is 0.787. The predicted octanol–water partition coefficient (Wildman–Crippen LogP) is 4.49. The zero-order valence-electron chi connectivity index (χ0n) is 16.9. The highest BCUT2D eigenvalue weighted by molar-refractivity contribution is 6.25. The van der Waals surface area contributed by atoms with E-state index in [4.69, 9.17) is 5.73 Å². The van der Waals surface area contributed by atoms with Crippen molar-refractivity contribution in [3.63, 3.8) is 0 Å². The number of piperidine rings is 1. The van der Waals surface area contributed by atoms with Gasteiger partial charge in [0.15, 0.2) is 0 Å². The first kappa shape index (κ1) is 19.2. The highest BCUT2D eigenvalue weighted by Crippen LogP contribution is 2.51. The number of hydrogen-bond donors (Lipinski definition) is 2. The topological polar surface area (TPSA) is 53.6 Å². The first-order valence-corrected chi connectivity index (χ1v) is 10.6. The lowest BCUT2D eigenvalue weighted by Crippen LogP contribution is -2.44. The number of halogens is 2. The number of fused-ring (bicyclic) bond motifs is 1. The van der Waals surface area contributed by atoms with Gasteiger partial charge in [-0.2, -0.15) is 13.9 Å². The van der Waals surface area contributed by atoms with Gasteiger partial charge in [0.25, 0.3) is 6.08 Å². The third-order valence-corrected chi connectivity index (χ3v) is 7.03. The van der Waals surface area contributed by atoms with Crippen LogP contribution in [0.4, 0.5) is 14.5 Å².